The standard InChI is InChI=1S/C6H6ClN3O4/c1-3(6(11)12)9-2-4(7)5(8-9)10(13)14/h2-3H,1H3,(H,11,12)/t3-/m0/s1. The lowest BCUT2D eigenvalue weighted by atomic mass is 10.4. The molecule has 1 N–H and O–H groups in total. The van der Waals surface area contributed by atoms with Crippen LogP contribution in [0.3, 0.4) is 0 Å². The molecule has 0 aromatic carbocycles. The lowest BCUT2D eigenvalue weighted by molar-refractivity contribution is -0.389. The van der Waals surface area contributed by atoms with Crippen molar-refractivity contribution in [1.29, 1.82) is 0 Å². The van der Waals surface area contributed by atoms with E-state index in [2.05, 4.69) is 5.10 Å². The number of hydrogen-bond donors (Lipinski definition) is 1. The normalized spacial score (nSPS) is 12.4. The van der Waals surface area contributed by atoms with Gasteiger partial charge in [-0.05, 0) is 11.8 Å². The van der Waals surface area contributed by atoms with Crippen LogP contribution >= 0.6 is 11.6 Å². The van der Waals surface area contributed by atoms with Crippen molar-refractivity contribution >= 4 is 23.4 Å². The summed E-state index contributed by atoms with van der Waals surface area (Å²) in [7, 11) is 0. The Kier molecular flexibility index (Phi) is 2.70. The minimum atomic E-state index is -1.14. The minimum Gasteiger partial charge on any atom is -0.480 e. The fourth-order valence-corrected chi connectivity index (χ4v) is 1.00. The van der Waals surface area contributed by atoms with Crippen molar-refractivity contribution in [3.8, 4) is 0 Å². The van der Waals surface area contributed by atoms with Crippen LogP contribution in [0.1, 0.15) is 13.0 Å². The number of aromatic nitrogens is 2. The molecule has 0 bridgehead atoms. The van der Waals surface area contributed by atoms with Gasteiger partial charge in [0.25, 0.3) is 0 Å². The summed E-state index contributed by atoms with van der Waals surface area (Å²) in [5.74, 6) is -1.68. The third-order valence-corrected chi connectivity index (χ3v) is 1.86. The number of carboxylic acids is 1. The molecule has 0 aliphatic heterocycles. The maximum atomic E-state index is 10.5. The molecule has 76 valence electrons. The van der Waals surface area contributed by atoms with E-state index < -0.39 is 22.8 Å². The highest BCUT2D eigenvalue weighted by Crippen LogP contribution is 2.23. The van der Waals surface area contributed by atoms with Crippen molar-refractivity contribution in [2.45, 2.75) is 13.0 Å². The monoisotopic (exact) mass is 219 g/mol. The summed E-state index contributed by atoms with van der Waals surface area (Å²) in [4.78, 5) is 20.1. The molecule has 1 aromatic rings. The maximum absolute atomic E-state index is 10.5. The smallest absolute Gasteiger partial charge is 0.408 e. The predicted octanol–water partition coefficient (Wildman–Crippen LogP) is 1.09. The molecule has 14 heavy (non-hydrogen) atoms. The molecule has 1 atom stereocenters. The summed E-state index contributed by atoms with van der Waals surface area (Å²) in [6, 6.07) is -0.985. The quantitative estimate of drug-likeness (QED) is 0.606. The zero-order valence-corrected chi connectivity index (χ0v) is 7.80. The van der Waals surface area contributed by atoms with Gasteiger partial charge in [0, 0.05) is 0 Å². The molecule has 0 aliphatic rings. The number of carboxylic acid groups (broad SMARTS) is 1. The van der Waals surface area contributed by atoms with Crippen LogP contribution in [0, 0.1) is 10.1 Å². The Labute approximate surface area is 83.0 Å². The van der Waals surface area contributed by atoms with Gasteiger partial charge in [0.2, 0.25) is 0 Å². The van der Waals surface area contributed by atoms with Crippen LogP contribution in [0.4, 0.5) is 5.82 Å². The molecule has 0 saturated heterocycles. The van der Waals surface area contributed by atoms with E-state index in [1.807, 2.05) is 0 Å². The number of nitrogens with zero attached hydrogens (tertiary/aromatic N) is 3. The molecule has 1 aromatic heterocycles. The Morgan fingerprint density at radius 2 is 2.43 bits per heavy atom. The van der Waals surface area contributed by atoms with Crippen LogP contribution in [-0.4, -0.2) is 25.8 Å². The van der Waals surface area contributed by atoms with E-state index in [9.17, 15) is 14.9 Å². The average molecular weight is 220 g/mol. The summed E-state index contributed by atoms with van der Waals surface area (Å²) < 4.78 is 0.933. The van der Waals surface area contributed by atoms with Crippen molar-refractivity contribution in [2.75, 3.05) is 0 Å². The summed E-state index contributed by atoms with van der Waals surface area (Å²) in [5, 5.41) is 22.2. The van der Waals surface area contributed by atoms with Gasteiger partial charge in [-0.3, -0.25) is 0 Å². The topological polar surface area (TPSA) is 98.3 Å². The van der Waals surface area contributed by atoms with Crippen LogP contribution in [0.5, 0.6) is 0 Å². The summed E-state index contributed by atoms with van der Waals surface area (Å²) >= 11 is 5.47. The second-order valence-electron chi connectivity index (χ2n) is 2.55. The van der Waals surface area contributed by atoms with Crippen LogP contribution in [-0.2, 0) is 4.79 Å². The van der Waals surface area contributed by atoms with Crippen molar-refractivity contribution in [1.82, 2.24) is 9.78 Å². The van der Waals surface area contributed by atoms with Crippen LogP contribution in [0.25, 0.3) is 0 Å². The van der Waals surface area contributed by atoms with Crippen molar-refractivity contribution in [2.24, 2.45) is 0 Å². The molecule has 0 aliphatic carbocycles. The molecule has 8 heteroatoms. The Hall–Kier alpha value is -1.63. The first-order valence-corrected chi connectivity index (χ1v) is 3.93. The van der Waals surface area contributed by atoms with Crippen molar-refractivity contribution in [3.63, 3.8) is 0 Å². The molecular weight excluding hydrogens is 214 g/mol. The largest absolute Gasteiger partial charge is 0.480 e. The van der Waals surface area contributed by atoms with Crippen LogP contribution in [0.2, 0.25) is 5.02 Å². The molecule has 0 saturated carbocycles. The number of halogens is 1. The van der Waals surface area contributed by atoms with E-state index in [0.29, 0.717) is 0 Å². The van der Waals surface area contributed by atoms with Crippen LogP contribution < -0.4 is 0 Å². The second-order valence-corrected chi connectivity index (χ2v) is 2.96. The summed E-state index contributed by atoms with van der Waals surface area (Å²) in [5.41, 5.74) is 0. The van der Waals surface area contributed by atoms with Gasteiger partial charge in [0.05, 0.1) is 11.3 Å². The van der Waals surface area contributed by atoms with E-state index >= 15 is 0 Å². The SMILES string of the molecule is C[C@@H](C(=O)O)n1cc(Cl)c([N+](=O)[O-])n1. The van der Waals surface area contributed by atoms with Crippen LogP contribution in [0.15, 0.2) is 6.20 Å². The maximum Gasteiger partial charge on any atom is 0.408 e. The zero-order chi connectivity index (χ0) is 10.9. The van der Waals surface area contributed by atoms with Gasteiger partial charge < -0.3 is 15.2 Å². The summed E-state index contributed by atoms with van der Waals surface area (Å²) in [6.07, 6.45) is 1.11. The highest BCUT2D eigenvalue weighted by molar-refractivity contribution is 6.32. The molecule has 1 rings (SSSR count). The lowest BCUT2D eigenvalue weighted by Gasteiger charge is -1.99. The van der Waals surface area contributed by atoms with E-state index in [1.165, 1.54) is 6.92 Å². The molecule has 0 spiro atoms. The first-order chi connectivity index (χ1) is 6.43. The molecule has 7 nitrogen and oxygen atoms in total. The van der Waals surface area contributed by atoms with Gasteiger partial charge in [-0.25, -0.2) is 4.79 Å². The third-order valence-electron chi connectivity index (χ3n) is 1.60. The van der Waals surface area contributed by atoms with E-state index in [0.717, 1.165) is 10.9 Å². The van der Waals surface area contributed by atoms with E-state index in [4.69, 9.17) is 16.7 Å². The van der Waals surface area contributed by atoms with Gasteiger partial charge in [-0.15, -0.1) is 0 Å². The lowest BCUT2D eigenvalue weighted by Crippen LogP contribution is -2.16. The summed E-state index contributed by atoms with van der Waals surface area (Å²) in [6.45, 7) is 1.34. The molecule has 1 heterocycles. The zero-order valence-electron chi connectivity index (χ0n) is 7.05. The fraction of sp³-hybridized carbons (Fsp3) is 0.333. The Morgan fingerprint density at radius 3 is 2.79 bits per heavy atom. The van der Waals surface area contributed by atoms with Gasteiger partial charge in [0.15, 0.2) is 11.1 Å². The van der Waals surface area contributed by atoms with Gasteiger partial charge in [-0.2, -0.15) is 4.68 Å². The number of nitro groups is 1. The fourth-order valence-electron chi connectivity index (χ4n) is 0.795. The molecule has 0 unspecified atom stereocenters. The Bertz CT molecular complexity index is 388. The Balaban J connectivity index is 3.08. The number of carbonyl (C=O) groups is 1. The van der Waals surface area contributed by atoms with E-state index in [-0.39, 0.29) is 5.02 Å². The van der Waals surface area contributed by atoms with Gasteiger partial charge in [-0.1, -0.05) is 11.6 Å². The first kappa shape index (κ1) is 10.5. The predicted molar refractivity (Wildman–Crippen MR) is 46.2 cm³/mol. The van der Waals surface area contributed by atoms with Crippen molar-refractivity contribution in [3.05, 3.63) is 21.3 Å². The number of rotatable bonds is 3. The number of hydrogen-bond acceptors (Lipinski definition) is 4. The number of aliphatic carboxylic acids is 1. The highest BCUT2D eigenvalue weighted by atomic mass is 35.5. The third kappa shape index (κ3) is 1.82. The molecule has 0 amide bonds. The molecule has 0 radical (unpaired) electrons. The minimum absolute atomic E-state index is 0.178. The average Bonchev–Trinajstić information content (AvgIpc) is 2.45. The Morgan fingerprint density at radius 1 is 1.86 bits per heavy atom. The highest BCUT2D eigenvalue weighted by Gasteiger charge is 2.24. The second kappa shape index (κ2) is 3.62. The first-order valence-electron chi connectivity index (χ1n) is 3.55. The van der Waals surface area contributed by atoms with Crippen molar-refractivity contribution < 1.29 is 14.8 Å². The van der Waals surface area contributed by atoms with Gasteiger partial charge in [0.1, 0.15) is 0 Å². The van der Waals surface area contributed by atoms with Gasteiger partial charge >= 0.3 is 11.8 Å². The molecule has 0 fully saturated rings. The molecular formula is C6H6ClN3O4. The van der Waals surface area contributed by atoms with E-state index in [1.54, 1.807) is 0 Å².